The lowest BCUT2D eigenvalue weighted by Gasteiger charge is -2.58. The molecule has 19 nitrogen and oxygen atoms in total. The maximum atomic E-state index is 14.9. The van der Waals surface area contributed by atoms with Crippen molar-refractivity contribution in [2.45, 2.75) is 106 Å². The predicted octanol–water partition coefficient (Wildman–Crippen LogP) is 8.87. The molecule has 406 valence electrons. The van der Waals surface area contributed by atoms with E-state index in [0.717, 1.165) is 89.1 Å². The van der Waals surface area contributed by atoms with Gasteiger partial charge in [0.05, 0.1) is 41.9 Å². The second-order valence-electron chi connectivity index (χ2n) is 22.0. The monoisotopic (exact) mass is 1070 g/mol. The summed E-state index contributed by atoms with van der Waals surface area (Å²) in [6, 6.07) is 21.0. The first-order valence-electron chi connectivity index (χ1n) is 26.6. The summed E-state index contributed by atoms with van der Waals surface area (Å²) in [6.07, 6.45) is 13.1. The average Bonchev–Trinajstić information content (AvgIpc) is 4.22. The van der Waals surface area contributed by atoms with Gasteiger partial charge in [-0.25, -0.2) is 27.5 Å². The van der Waals surface area contributed by atoms with Crippen LogP contribution in [0.5, 0.6) is 23.3 Å². The van der Waals surface area contributed by atoms with Crippen LogP contribution in [0.1, 0.15) is 110 Å². The fourth-order valence-electron chi connectivity index (χ4n) is 12.2. The number of ether oxygens (including phenoxy) is 3. The number of aliphatic hydroxyl groups is 1. The molecule has 0 bridgehead atoms. The molecule has 5 aliphatic rings. The summed E-state index contributed by atoms with van der Waals surface area (Å²) in [7, 11) is -1.72. The number of carbonyl (C=O) groups is 1. The van der Waals surface area contributed by atoms with Gasteiger partial charge in [-0.05, 0) is 123 Å². The highest BCUT2D eigenvalue weighted by Crippen LogP contribution is 2.54. The number of sulfonamides is 1. The maximum Gasteiger partial charge on any atom is 0.312 e. The zero-order valence-electron chi connectivity index (χ0n) is 43.5. The highest BCUT2D eigenvalue weighted by atomic mass is 32.2. The molecule has 3 saturated carbocycles. The summed E-state index contributed by atoms with van der Waals surface area (Å²) < 4.78 is 62.1. The topological polar surface area (TPSA) is 231 Å². The molecule has 4 N–H and O–H groups in total. The van der Waals surface area contributed by atoms with E-state index in [1.54, 1.807) is 26.2 Å². The fourth-order valence-corrected chi connectivity index (χ4v) is 13.1. The molecule has 6 heterocycles. The van der Waals surface area contributed by atoms with Crippen molar-refractivity contribution in [2.75, 3.05) is 63.7 Å². The van der Waals surface area contributed by atoms with Crippen molar-refractivity contribution >= 4 is 44.2 Å². The van der Waals surface area contributed by atoms with Crippen LogP contribution in [0.15, 0.2) is 90.2 Å². The highest BCUT2D eigenvalue weighted by Gasteiger charge is 2.50. The number of nitro groups is 1. The van der Waals surface area contributed by atoms with Gasteiger partial charge in [-0.15, -0.1) is 0 Å². The largest absolute Gasteiger partial charge is 0.481 e. The van der Waals surface area contributed by atoms with Crippen molar-refractivity contribution in [3.63, 3.8) is 0 Å². The van der Waals surface area contributed by atoms with Crippen molar-refractivity contribution in [2.24, 2.45) is 11.3 Å². The van der Waals surface area contributed by atoms with E-state index in [0.29, 0.717) is 50.1 Å². The standard InChI is InChI=1S/C56H65FN10O9S/c1-55(69)15-12-35(13-16-55)30-59-52-46(67(70)71)26-40(31-60-52)77(72,73)63-53(68)43-11-10-38(25-48(43)76-49-27-44-45(57)32-61-51(44)62-54(49)75-3)65-20-17-56(18-21-65)28-39(29-56)66-23-22-64(33-36-14-19-58-50(24-36)74-2)34-47(66)42-7-5-4-6-41(42)37-8-9-37/h4-7,10-11,14,19,24-27,31-32,35,37,39,47,69H,8-9,12-13,15-18,20-23,28-30,33-34H2,1-3H3,(H,59,60)(H,61,62)(H,63,68)/t35?,47-,55?/m0/s1. The summed E-state index contributed by atoms with van der Waals surface area (Å²) in [5, 5.41) is 25.7. The molecule has 6 aromatic rings. The molecule has 0 radical (unpaired) electrons. The van der Waals surface area contributed by atoms with E-state index in [4.69, 9.17) is 14.2 Å². The van der Waals surface area contributed by atoms with Crippen LogP contribution in [0, 0.1) is 27.3 Å². The number of nitrogens with zero attached hydrogens (tertiary/aromatic N) is 7. The lowest BCUT2D eigenvalue weighted by atomic mass is 9.59. The van der Waals surface area contributed by atoms with Gasteiger partial charge < -0.3 is 34.5 Å². The minimum Gasteiger partial charge on any atom is -0.481 e. The quantitative estimate of drug-likeness (QED) is 0.0494. The number of halogens is 1. The first-order valence-corrected chi connectivity index (χ1v) is 28.1. The molecule has 2 aliphatic heterocycles. The summed E-state index contributed by atoms with van der Waals surface area (Å²) in [4.78, 5) is 48.3. The Hall–Kier alpha value is -6.94. The molecule has 1 atom stereocenters. The van der Waals surface area contributed by atoms with Crippen molar-refractivity contribution in [1.29, 1.82) is 0 Å². The van der Waals surface area contributed by atoms with E-state index < -0.39 is 42.9 Å². The smallest absolute Gasteiger partial charge is 0.312 e. The summed E-state index contributed by atoms with van der Waals surface area (Å²) >= 11 is 0. The SMILES string of the molecule is COc1cc(CN2CCN(C3CC4(CCN(c5ccc(C(=O)NS(=O)(=O)c6cnc(NCC7CCC(C)(O)CC7)c([N+](=O)[O-])c6)c(Oc6cc7c(F)c[nH]c7nc6OC)c5)CC4)C3)[C@H](c3ccccc3C3CC3)C2)ccn1. The number of benzene rings is 2. The van der Waals surface area contributed by atoms with Gasteiger partial charge in [0.2, 0.25) is 11.7 Å². The number of hydrogen-bond acceptors (Lipinski definition) is 16. The highest BCUT2D eigenvalue weighted by molar-refractivity contribution is 7.90. The Bertz CT molecular complexity index is 3290. The Labute approximate surface area is 446 Å². The second kappa shape index (κ2) is 21.1. The van der Waals surface area contributed by atoms with Gasteiger partial charge in [-0.1, -0.05) is 24.3 Å². The molecule has 77 heavy (non-hydrogen) atoms. The third-order valence-corrected chi connectivity index (χ3v) is 18.1. The van der Waals surface area contributed by atoms with Gasteiger partial charge >= 0.3 is 5.69 Å². The van der Waals surface area contributed by atoms with Gasteiger partial charge in [0.25, 0.3) is 21.8 Å². The van der Waals surface area contributed by atoms with E-state index in [-0.39, 0.29) is 57.2 Å². The Morgan fingerprint density at radius 3 is 2.43 bits per heavy atom. The number of fused-ring (bicyclic) bond motifs is 1. The Kier molecular flexibility index (Phi) is 14.3. The lowest BCUT2D eigenvalue weighted by molar-refractivity contribution is -0.384. The number of rotatable bonds is 17. The Morgan fingerprint density at radius 1 is 0.935 bits per heavy atom. The van der Waals surface area contributed by atoms with Gasteiger partial charge in [0, 0.05) is 100 Å². The average molecular weight is 1070 g/mol. The van der Waals surface area contributed by atoms with Gasteiger partial charge in [-0.2, -0.15) is 4.98 Å². The normalized spacial score (nSPS) is 22.1. The number of H-pyrrole nitrogens is 1. The van der Waals surface area contributed by atoms with Gasteiger partial charge in [0.1, 0.15) is 22.1 Å². The molecule has 1 spiro atoms. The number of amides is 1. The van der Waals surface area contributed by atoms with E-state index in [9.17, 15) is 32.8 Å². The minimum atomic E-state index is -4.74. The summed E-state index contributed by atoms with van der Waals surface area (Å²) in [5.41, 5.74) is 3.72. The van der Waals surface area contributed by atoms with Crippen LogP contribution in [-0.2, 0) is 16.6 Å². The molecular weight excluding hydrogens is 1010 g/mol. The molecule has 4 aromatic heterocycles. The van der Waals surface area contributed by atoms with Crippen LogP contribution in [-0.4, -0.2) is 119 Å². The number of pyridine rings is 3. The van der Waals surface area contributed by atoms with Crippen molar-refractivity contribution in [1.82, 2.24) is 34.5 Å². The van der Waals surface area contributed by atoms with E-state index in [2.05, 4.69) is 75.0 Å². The number of nitrogens with one attached hydrogen (secondary N) is 3. The number of methoxy groups -OCH3 is 2. The molecule has 5 fully saturated rings. The van der Waals surface area contributed by atoms with Crippen LogP contribution in [0.3, 0.4) is 0 Å². The third-order valence-electron chi connectivity index (χ3n) is 16.8. The number of carbonyl (C=O) groups excluding carboxylic acids is 1. The first-order chi connectivity index (χ1) is 37.1. The molecule has 3 aliphatic carbocycles. The van der Waals surface area contributed by atoms with E-state index in [1.807, 2.05) is 12.3 Å². The molecule has 2 aromatic carbocycles. The molecular formula is C56H65FN10O9S. The second-order valence-corrected chi connectivity index (χ2v) is 23.7. The Balaban J connectivity index is 0.803. The maximum absolute atomic E-state index is 14.9. The first kappa shape index (κ1) is 52.1. The number of aromatic nitrogens is 4. The predicted molar refractivity (Wildman–Crippen MR) is 287 cm³/mol. The van der Waals surface area contributed by atoms with Crippen LogP contribution in [0.4, 0.5) is 21.6 Å². The van der Waals surface area contributed by atoms with Crippen molar-refractivity contribution in [3.05, 3.63) is 124 Å². The minimum absolute atomic E-state index is 0.0141. The fraction of sp³-hybridized carbons (Fsp3) is 0.464. The number of piperidine rings is 1. The van der Waals surface area contributed by atoms with Crippen LogP contribution in [0.2, 0.25) is 0 Å². The summed E-state index contributed by atoms with van der Waals surface area (Å²) in [5.74, 6) is -0.497. The molecule has 2 saturated heterocycles. The zero-order chi connectivity index (χ0) is 53.6. The summed E-state index contributed by atoms with van der Waals surface area (Å²) in [6.45, 7) is 7.28. The van der Waals surface area contributed by atoms with Crippen LogP contribution < -0.4 is 29.1 Å². The van der Waals surface area contributed by atoms with Gasteiger partial charge in [0.15, 0.2) is 5.75 Å². The molecule has 11 rings (SSSR count). The lowest BCUT2D eigenvalue weighted by Crippen LogP contribution is -2.59. The molecule has 1 amide bonds. The molecule has 0 unspecified atom stereocenters. The van der Waals surface area contributed by atoms with Crippen LogP contribution >= 0.6 is 0 Å². The number of hydrogen-bond donors (Lipinski definition) is 4. The Morgan fingerprint density at radius 2 is 1.70 bits per heavy atom. The number of anilines is 2. The van der Waals surface area contributed by atoms with Crippen molar-refractivity contribution < 1.29 is 41.8 Å². The number of aromatic amines is 1. The molecule has 21 heteroatoms. The van der Waals surface area contributed by atoms with Crippen molar-refractivity contribution in [3.8, 4) is 23.3 Å². The van der Waals surface area contributed by atoms with E-state index in [1.165, 1.54) is 48.8 Å². The third kappa shape index (κ3) is 11.1. The van der Waals surface area contributed by atoms with Crippen LogP contribution in [0.25, 0.3) is 11.0 Å². The zero-order valence-corrected chi connectivity index (χ0v) is 44.4. The van der Waals surface area contributed by atoms with Gasteiger partial charge in [-0.3, -0.25) is 24.7 Å². The van der Waals surface area contributed by atoms with E-state index >= 15 is 0 Å². The number of piperazine rings is 1.